The van der Waals surface area contributed by atoms with Gasteiger partial charge in [0.2, 0.25) is 5.95 Å². The van der Waals surface area contributed by atoms with E-state index < -0.39 is 5.95 Å². The molecule has 14 heavy (non-hydrogen) atoms. The van der Waals surface area contributed by atoms with E-state index in [1.54, 1.807) is 18.2 Å². The molecule has 1 heterocycles. The third-order valence-electron chi connectivity index (χ3n) is 1.81. The molecule has 5 heteroatoms. The lowest BCUT2D eigenvalue weighted by atomic mass is 10.3. The maximum Gasteiger partial charge on any atom is 0.233 e. The molecule has 3 nitrogen and oxygen atoms in total. The van der Waals surface area contributed by atoms with Crippen LogP contribution in [-0.4, -0.2) is 9.78 Å². The van der Waals surface area contributed by atoms with Gasteiger partial charge in [0.1, 0.15) is 0 Å². The summed E-state index contributed by atoms with van der Waals surface area (Å²) in [5.74, 6) is -0.530. The third-order valence-corrected chi connectivity index (χ3v) is 2.13. The minimum atomic E-state index is -0.530. The van der Waals surface area contributed by atoms with Crippen LogP contribution in [0.2, 0.25) is 5.02 Å². The number of nitrogens with two attached hydrogens (primary N) is 1. The number of halogens is 2. The lowest BCUT2D eigenvalue weighted by Gasteiger charge is -2.02. The first-order valence-corrected chi connectivity index (χ1v) is 4.31. The molecular formula is C9H7ClFN3. The molecule has 0 amide bonds. The fourth-order valence-corrected chi connectivity index (χ4v) is 1.28. The Morgan fingerprint density at radius 1 is 1.36 bits per heavy atom. The molecule has 0 spiro atoms. The zero-order valence-corrected chi connectivity index (χ0v) is 7.87. The highest BCUT2D eigenvalue weighted by Crippen LogP contribution is 2.21. The number of rotatable bonds is 1. The highest BCUT2D eigenvalue weighted by Gasteiger charge is 2.02. The predicted octanol–water partition coefficient (Wildman–Crippen LogP) is 2.25. The molecule has 0 unspecified atom stereocenters. The Hall–Kier alpha value is -1.55. The largest absolute Gasteiger partial charge is 0.398 e. The van der Waals surface area contributed by atoms with Crippen LogP contribution in [0.5, 0.6) is 0 Å². The van der Waals surface area contributed by atoms with Gasteiger partial charge in [-0.3, -0.25) is 0 Å². The molecule has 1 aromatic heterocycles. The van der Waals surface area contributed by atoms with Crippen molar-refractivity contribution in [2.24, 2.45) is 0 Å². The smallest absolute Gasteiger partial charge is 0.233 e. The first-order chi connectivity index (χ1) is 6.66. The summed E-state index contributed by atoms with van der Waals surface area (Å²) in [6, 6.07) is 6.26. The van der Waals surface area contributed by atoms with Gasteiger partial charge in [0.15, 0.2) is 0 Å². The summed E-state index contributed by atoms with van der Waals surface area (Å²) < 4.78 is 14.0. The standard InChI is InChI=1S/C9H7ClFN3/c10-7-5-6(1-2-8(7)12)14-4-3-9(11)13-14/h1-5H,12H2. The molecule has 0 saturated heterocycles. The molecule has 72 valence electrons. The van der Waals surface area contributed by atoms with Gasteiger partial charge in [-0.25, -0.2) is 4.68 Å². The minimum absolute atomic E-state index is 0.429. The molecule has 0 aliphatic carbocycles. The van der Waals surface area contributed by atoms with Gasteiger partial charge in [-0.1, -0.05) is 11.6 Å². The molecule has 0 saturated carbocycles. The highest BCUT2D eigenvalue weighted by atomic mass is 35.5. The molecule has 0 atom stereocenters. The number of nitrogen functional groups attached to an aromatic ring is 1. The van der Waals surface area contributed by atoms with E-state index in [4.69, 9.17) is 17.3 Å². The molecule has 0 radical (unpaired) electrons. The average molecular weight is 212 g/mol. The zero-order chi connectivity index (χ0) is 10.1. The number of aromatic nitrogens is 2. The van der Waals surface area contributed by atoms with Crippen molar-refractivity contribution in [3.05, 3.63) is 41.4 Å². The van der Waals surface area contributed by atoms with Crippen molar-refractivity contribution in [3.8, 4) is 5.69 Å². The first kappa shape index (κ1) is 9.02. The second kappa shape index (κ2) is 3.31. The summed E-state index contributed by atoms with van der Waals surface area (Å²) in [4.78, 5) is 0. The lowest BCUT2D eigenvalue weighted by Crippen LogP contribution is -1.96. The fraction of sp³-hybridized carbons (Fsp3) is 0. The van der Waals surface area contributed by atoms with Crippen molar-refractivity contribution in [3.63, 3.8) is 0 Å². The van der Waals surface area contributed by atoms with Gasteiger partial charge in [0.25, 0.3) is 0 Å². The van der Waals surface area contributed by atoms with Crippen LogP contribution in [0.25, 0.3) is 5.69 Å². The van der Waals surface area contributed by atoms with Crippen molar-refractivity contribution in [1.82, 2.24) is 9.78 Å². The Morgan fingerprint density at radius 2 is 2.14 bits per heavy atom. The van der Waals surface area contributed by atoms with Crippen molar-refractivity contribution in [2.75, 3.05) is 5.73 Å². The van der Waals surface area contributed by atoms with Crippen LogP contribution in [0.4, 0.5) is 10.1 Å². The molecule has 2 N–H and O–H groups in total. The fourth-order valence-electron chi connectivity index (χ4n) is 1.10. The summed E-state index contributed by atoms with van der Waals surface area (Å²) in [5, 5.41) is 4.03. The zero-order valence-electron chi connectivity index (χ0n) is 7.11. The molecule has 2 aromatic rings. The van der Waals surface area contributed by atoms with Crippen LogP contribution in [0.1, 0.15) is 0 Å². The normalized spacial score (nSPS) is 10.4. The maximum atomic E-state index is 12.6. The lowest BCUT2D eigenvalue weighted by molar-refractivity contribution is 0.566. The first-order valence-electron chi connectivity index (χ1n) is 3.93. The molecule has 0 aliphatic rings. The third kappa shape index (κ3) is 1.56. The van der Waals surface area contributed by atoms with Crippen LogP contribution >= 0.6 is 11.6 Å². The Bertz CT molecular complexity index is 467. The number of benzene rings is 1. The van der Waals surface area contributed by atoms with E-state index in [9.17, 15) is 4.39 Å². The number of hydrogen-bond donors (Lipinski definition) is 1. The van der Waals surface area contributed by atoms with Crippen molar-refractivity contribution in [2.45, 2.75) is 0 Å². The Morgan fingerprint density at radius 3 is 2.71 bits per heavy atom. The van der Waals surface area contributed by atoms with E-state index in [-0.39, 0.29) is 0 Å². The Balaban J connectivity index is 2.47. The number of nitrogens with zero attached hydrogens (tertiary/aromatic N) is 2. The topological polar surface area (TPSA) is 43.8 Å². The van der Waals surface area contributed by atoms with Crippen LogP contribution in [0, 0.1) is 5.95 Å². The van der Waals surface area contributed by atoms with Gasteiger partial charge < -0.3 is 5.73 Å². The molecule has 0 aliphatic heterocycles. The van der Waals surface area contributed by atoms with Gasteiger partial charge in [0.05, 0.1) is 16.4 Å². The van der Waals surface area contributed by atoms with Gasteiger partial charge in [-0.2, -0.15) is 4.39 Å². The van der Waals surface area contributed by atoms with Crippen LogP contribution in [0.15, 0.2) is 30.5 Å². The number of anilines is 1. The van der Waals surface area contributed by atoms with Crippen molar-refractivity contribution in [1.29, 1.82) is 0 Å². The van der Waals surface area contributed by atoms with E-state index >= 15 is 0 Å². The summed E-state index contributed by atoms with van der Waals surface area (Å²) in [6.45, 7) is 0. The molecule has 0 fully saturated rings. The summed E-state index contributed by atoms with van der Waals surface area (Å²) >= 11 is 5.81. The van der Waals surface area contributed by atoms with Gasteiger partial charge in [-0.15, -0.1) is 5.10 Å². The van der Waals surface area contributed by atoms with Crippen LogP contribution in [-0.2, 0) is 0 Å². The van der Waals surface area contributed by atoms with Gasteiger partial charge in [0, 0.05) is 12.3 Å². The van der Waals surface area contributed by atoms with Gasteiger partial charge in [-0.05, 0) is 18.2 Å². The molecule has 0 bridgehead atoms. The average Bonchev–Trinajstić information content (AvgIpc) is 2.57. The van der Waals surface area contributed by atoms with E-state index in [2.05, 4.69) is 5.10 Å². The quantitative estimate of drug-likeness (QED) is 0.736. The Kier molecular flexibility index (Phi) is 2.13. The summed E-state index contributed by atoms with van der Waals surface area (Å²) in [7, 11) is 0. The van der Waals surface area contributed by atoms with Crippen molar-refractivity contribution >= 4 is 17.3 Å². The van der Waals surface area contributed by atoms with Gasteiger partial charge >= 0.3 is 0 Å². The molecule has 1 aromatic carbocycles. The van der Waals surface area contributed by atoms with E-state index in [0.29, 0.717) is 16.4 Å². The maximum absolute atomic E-state index is 12.6. The number of hydrogen-bond acceptors (Lipinski definition) is 2. The SMILES string of the molecule is Nc1ccc(-n2ccc(F)n2)cc1Cl. The van der Waals surface area contributed by atoms with E-state index in [0.717, 1.165) is 0 Å². The van der Waals surface area contributed by atoms with E-state index in [1.165, 1.54) is 16.9 Å². The predicted molar refractivity (Wildman–Crippen MR) is 52.9 cm³/mol. The van der Waals surface area contributed by atoms with Crippen molar-refractivity contribution < 1.29 is 4.39 Å². The van der Waals surface area contributed by atoms with Crippen LogP contribution in [0.3, 0.4) is 0 Å². The summed E-state index contributed by atoms with van der Waals surface area (Å²) in [6.07, 6.45) is 1.51. The molecular weight excluding hydrogens is 205 g/mol. The summed E-state index contributed by atoms with van der Waals surface area (Å²) in [5.41, 5.74) is 6.70. The van der Waals surface area contributed by atoms with E-state index in [1.807, 2.05) is 0 Å². The van der Waals surface area contributed by atoms with Crippen LogP contribution < -0.4 is 5.73 Å². The second-order valence-corrected chi connectivity index (χ2v) is 3.20. The monoisotopic (exact) mass is 211 g/mol. The second-order valence-electron chi connectivity index (χ2n) is 2.79. The minimum Gasteiger partial charge on any atom is -0.398 e. The highest BCUT2D eigenvalue weighted by molar-refractivity contribution is 6.33. The molecule has 2 rings (SSSR count). The Labute approximate surface area is 84.9 Å².